The number of aryl methyl sites for hydroxylation is 1. The predicted molar refractivity (Wildman–Crippen MR) is 73.1 cm³/mol. The Labute approximate surface area is 113 Å². The molecule has 0 spiro atoms. The van der Waals surface area contributed by atoms with E-state index >= 15 is 0 Å². The average Bonchev–Trinajstić information content (AvgIpc) is 2.88. The van der Waals surface area contributed by atoms with Gasteiger partial charge in [0.2, 0.25) is 0 Å². The number of hydrogen-bond donors (Lipinski definition) is 2. The van der Waals surface area contributed by atoms with E-state index in [2.05, 4.69) is 10.3 Å². The molecule has 0 unspecified atom stereocenters. The van der Waals surface area contributed by atoms with Crippen LogP contribution in [0.4, 0.5) is 0 Å². The second kappa shape index (κ2) is 6.08. The molecule has 0 fully saturated rings. The summed E-state index contributed by atoms with van der Waals surface area (Å²) in [5, 5.41) is 15.1. The fourth-order valence-corrected chi connectivity index (χ4v) is 3.16. The fraction of sp³-hybridized carbons (Fsp3) is 0.333. The Morgan fingerprint density at radius 2 is 2.17 bits per heavy atom. The molecule has 2 aromatic rings. The lowest BCUT2D eigenvalue weighted by molar-refractivity contribution is -0.136. The van der Waals surface area contributed by atoms with Gasteiger partial charge in [-0.2, -0.15) is 0 Å². The lowest BCUT2D eigenvalue weighted by atomic mass is 10.3. The van der Waals surface area contributed by atoms with Crippen molar-refractivity contribution in [3.8, 4) is 0 Å². The van der Waals surface area contributed by atoms with Gasteiger partial charge in [0.15, 0.2) is 0 Å². The molecule has 96 valence electrons. The van der Waals surface area contributed by atoms with Crippen LogP contribution < -0.4 is 5.32 Å². The Balaban J connectivity index is 1.79. The van der Waals surface area contributed by atoms with Crippen LogP contribution in [0.5, 0.6) is 0 Å². The quantitative estimate of drug-likeness (QED) is 0.854. The predicted octanol–water partition coefficient (Wildman–Crippen LogP) is 2.43. The van der Waals surface area contributed by atoms with Gasteiger partial charge in [-0.05, 0) is 19.1 Å². The monoisotopic (exact) mass is 282 g/mol. The summed E-state index contributed by atoms with van der Waals surface area (Å²) in [5.41, 5.74) is 1.06. The second-order valence-electron chi connectivity index (χ2n) is 3.90. The summed E-state index contributed by atoms with van der Waals surface area (Å²) < 4.78 is 0. The van der Waals surface area contributed by atoms with Gasteiger partial charge in [0.1, 0.15) is 0 Å². The Kier molecular flexibility index (Phi) is 4.46. The largest absolute Gasteiger partial charge is 0.481 e. The zero-order chi connectivity index (χ0) is 13.0. The van der Waals surface area contributed by atoms with Gasteiger partial charge in [-0.1, -0.05) is 0 Å². The van der Waals surface area contributed by atoms with E-state index in [1.165, 1.54) is 0 Å². The number of thiazole rings is 1. The molecule has 2 aromatic heterocycles. The van der Waals surface area contributed by atoms with Crippen LogP contribution in [0.15, 0.2) is 17.5 Å². The summed E-state index contributed by atoms with van der Waals surface area (Å²) in [6.45, 7) is 3.49. The molecule has 0 bridgehead atoms. The number of thiophene rings is 1. The Morgan fingerprint density at radius 1 is 1.39 bits per heavy atom. The topological polar surface area (TPSA) is 62.2 Å². The van der Waals surface area contributed by atoms with Crippen molar-refractivity contribution >= 4 is 28.6 Å². The van der Waals surface area contributed by atoms with Crippen molar-refractivity contribution in [2.75, 3.05) is 0 Å². The number of carboxylic acid groups (broad SMARTS) is 1. The highest BCUT2D eigenvalue weighted by atomic mass is 32.1. The molecule has 0 aliphatic heterocycles. The molecule has 2 rings (SSSR count). The molecule has 4 nitrogen and oxygen atoms in total. The Hall–Kier alpha value is -1.24. The third kappa shape index (κ3) is 3.90. The maximum Gasteiger partial charge on any atom is 0.308 e. The van der Waals surface area contributed by atoms with Crippen LogP contribution in [0.25, 0.3) is 0 Å². The molecule has 6 heteroatoms. The number of nitrogens with one attached hydrogen (secondary N) is 1. The lowest BCUT2D eigenvalue weighted by Gasteiger charge is -1.99. The highest BCUT2D eigenvalue weighted by molar-refractivity contribution is 7.12. The minimum absolute atomic E-state index is 0.107. The molecule has 2 N–H and O–H groups in total. The Bertz CT molecular complexity index is 534. The van der Waals surface area contributed by atoms with Gasteiger partial charge in [0.25, 0.3) is 0 Å². The first-order valence-corrected chi connectivity index (χ1v) is 7.24. The van der Waals surface area contributed by atoms with E-state index in [4.69, 9.17) is 5.11 Å². The van der Waals surface area contributed by atoms with Crippen molar-refractivity contribution in [2.24, 2.45) is 0 Å². The van der Waals surface area contributed by atoms with Gasteiger partial charge in [-0.3, -0.25) is 4.79 Å². The number of carbonyl (C=O) groups is 1. The lowest BCUT2D eigenvalue weighted by Crippen LogP contribution is -2.11. The van der Waals surface area contributed by atoms with E-state index in [1.807, 2.05) is 24.4 Å². The normalized spacial score (nSPS) is 10.7. The van der Waals surface area contributed by atoms with Gasteiger partial charge in [-0.25, -0.2) is 4.98 Å². The number of hydrogen-bond acceptors (Lipinski definition) is 5. The molecule has 0 saturated carbocycles. The molecule has 0 saturated heterocycles. The van der Waals surface area contributed by atoms with Crippen molar-refractivity contribution in [2.45, 2.75) is 26.4 Å². The van der Waals surface area contributed by atoms with E-state index in [9.17, 15) is 4.79 Å². The summed E-state index contributed by atoms with van der Waals surface area (Å²) >= 11 is 3.19. The summed E-state index contributed by atoms with van der Waals surface area (Å²) in [6, 6.07) is 3.85. The zero-order valence-electron chi connectivity index (χ0n) is 9.97. The van der Waals surface area contributed by atoms with Crippen LogP contribution in [-0.4, -0.2) is 16.1 Å². The number of aromatic nitrogens is 1. The minimum atomic E-state index is -0.783. The van der Waals surface area contributed by atoms with Crippen LogP contribution in [0.2, 0.25) is 0 Å². The van der Waals surface area contributed by atoms with Crippen LogP contribution in [0, 0.1) is 6.92 Å². The number of nitrogens with zero attached hydrogens (tertiary/aromatic N) is 1. The average molecular weight is 282 g/mol. The first-order valence-electron chi connectivity index (χ1n) is 5.54. The molecule has 2 heterocycles. The molecule has 0 aliphatic carbocycles. The number of carboxylic acids is 1. The molecular weight excluding hydrogens is 268 g/mol. The summed E-state index contributed by atoms with van der Waals surface area (Å²) in [4.78, 5) is 17.0. The van der Waals surface area contributed by atoms with E-state index in [0.29, 0.717) is 0 Å². The summed E-state index contributed by atoms with van der Waals surface area (Å²) in [5.74, 6) is -0.783. The van der Waals surface area contributed by atoms with Crippen molar-refractivity contribution in [1.82, 2.24) is 10.3 Å². The molecule has 0 amide bonds. The van der Waals surface area contributed by atoms with Crippen molar-refractivity contribution in [3.05, 3.63) is 38.0 Å². The summed E-state index contributed by atoms with van der Waals surface area (Å²) in [6.07, 6.45) is 0.107. The van der Waals surface area contributed by atoms with Gasteiger partial charge in [0.05, 0.1) is 17.1 Å². The van der Waals surface area contributed by atoms with Crippen LogP contribution in [0.3, 0.4) is 0 Å². The van der Waals surface area contributed by atoms with Gasteiger partial charge < -0.3 is 10.4 Å². The second-order valence-corrected chi connectivity index (χ2v) is 6.22. The number of rotatable bonds is 6. The zero-order valence-corrected chi connectivity index (χ0v) is 11.6. The van der Waals surface area contributed by atoms with Crippen LogP contribution >= 0.6 is 22.7 Å². The number of aliphatic carboxylic acids is 1. The SMILES string of the molecule is Cc1nc(CNCc2ccc(CC(=O)O)s2)cs1. The van der Waals surface area contributed by atoms with Gasteiger partial charge >= 0.3 is 5.97 Å². The molecule has 0 aromatic carbocycles. The summed E-state index contributed by atoms with van der Waals surface area (Å²) in [7, 11) is 0. The van der Waals surface area contributed by atoms with Crippen LogP contribution in [-0.2, 0) is 24.3 Å². The molecular formula is C12H14N2O2S2. The van der Waals surface area contributed by atoms with Crippen molar-refractivity contribution in [1.29, 1.82) is 0 Å². The fourth-order valence-electron chi connectivity index (χ4n) is 1.56. The van der Waals surface area contributed by atoms with Crippen molar-refractivity contribution < 1.29 is 9.90 Å². The first kappa shape index (κ1) is 13.2. The van der Waals surface area contributed by atoms with Crippen LogP contribution in [0.1, 0.15) is 20.5 Å². The van der Waals surface area contributed by atoms with E-state index in [-0.39, 0.29) is 6.42 Å². The van der Waals surface area contributed by atoms with Crippen molar-refractivity contribution in [3.63, 3.8) is 0 Å². The third-order valence-electron chi connectivity index (χ3n) is 2.31. The maximum atomic E-state index is 10.6. The molecule has 18 heavy (non-hydrogen) atoms. The minimum Gasteiger partial charge on any atom is -0.481 e. The van der Waals surface area contributed by atoms with Gasteiger partial charge in [0, 0.05) is 28.2 Å². The highest BCUT2D eigenvalue weighted by Crippen LogP contribution is 2.17. The smallest absolute Gasteiger partial charge is 0.308 e. The highest BCUT2D eigenvalue weighted by Gasteiger charge is 2.04. The Morgan fingerprint density at radius 3 is 2.83 bits per heavy atom. The van der Waals surface area contributed by atoms with E-state index < -0.39 is 5.97 Å². The third-order valence-corrected chi connectivity index (χ3v) is 4.22. The molecule has 0 atom stereocenters. The van der Waals surface area contributed by atoms with E-state index in [1.54, 1.807) is 22.7 Å². The standard InChI is InChI=1S/C12H14N2O2S2/c1-8-14-9(7-17-8)5-13-6-11-3-2-10(18-11)4-12(15)16/h2-3,7,13H,4-6H2,1H3,(H,15,16). The first-order chi connectivity index (χ1) is 8.63. The molecule has 0 aliphatic rings. The van der Waals surface area contributed by atoms with E-state index in [0.717, 1.165) is 33.5 Å². The molecule has 0 radical (unpaired) electrons. The maximum absolute atomic E-state index is 10.6. The van der Waals surface area contributed by atoms with Gasteiger partial charge in [-0.15, -0.1) is 22.7 Å².